The Morgan fingerprint density at radius 1 is 1.25 bits per heavy atom. The fourth-order valence-electron chi connectivity index (χ4n) is 2.82. The summed E-state index contributed by atoms with van der Waals surface area (Å²) in [6.07, 6.45) is 4.79. The summed E-state index contributed by atoms with van der Waals surface area (Å²) in [5.41, 5.74) is 0. The topological polar surface area (TPSA) is 49.4 Å². The van der Waals surface area contributed by atoms with Gasteiger partial charge in [-0.3, -0.25) is 0 Å². The number of sulfonamides is 1. The predicted octanol–water partition coefficient (Wildman–Crippen LogP) is 0.943. The number of nitrogens with zero attached hydrogens (tertiary/aromatic N) is 1. The van der Waals surface area contributed by atoms with Crippen molar-refractivity contribution in [2.24, 2.45) is 0 Å². The molecule has 16 heavy (non-hydrogen) atoms. The minimum Gasteiger partial charge on any atom is -0.315 e. The molecule has 0 aromatic carbocycles. The Kier molecular flexibility index (Phi) is 3.87. The summed E-state index contributed by atoms with van der Waals surface area (Å²) in [5.74, 6) is 0.330. The van der Waals surface area contributed by atoms with E-state index in [0.29, 0.717) is 5.75 Å². The Balaban J connectivity index is 2.12. The molecule has 0 aromatic heterocycles. The van der Waals surface area contributed by atoms with Gasteiger partial charge in [-0.05, 0) is 32.2 Å². The zero-order valence-electron chi connectivity index (χ0n) is 9.98. The van der Waals surface area contributed by atoms with Crippen molar-refractivity contribution in [1.29, 1.82) is 0 Å². The molecule has 0 amide bonds. The van der Waals surface area contributed by atoms with Crippen molar-refractivity contribution < 1.29 is 8.42 Å². The minimum atomic E-state index is -3.01. The molecule has 0 aliphatic carbocycles. The molecule has 2 aliphatic rings. The van der Waals surface area contributed by atoms with E-state index in [9.17, 15) is 8.42 Å². The largest absolute Gasteiger partial charge is 0.315 e. The van der Waals surface area contributed by atoms with E-state index in [-0.39, 0.29) is 12.1 Å². The van der Waals surface area contributed by atoms with Crippen LogP contribution in [-0.4, -0.2) is 43.6 Å². The van der Waals surface area contributed by atoms with Crippen LogP contribution in [-0.2, 0) is 10.0 Å². The molecule has 2 fully saturated rings. The van der Waals surface area contributed by atoms with Gasteiger partial charge in [-0.1, -0.05) is 13.3 Å². The first-order chi connectivity index (χ1) is 7.65. The maximum atomic E-state index is 12.3. The van der Waals surface area contributed by atoms with E-state index in [4.69, 9.17) is 0 Å². The minimum absolute atomic E-state index is 0.217. The fraction of sp³-hybridized carbons (Fsp3) is 1.00. The lowest BCUT2D eigenvalue weighted by molar-refractivity contribution is 0.334. The highest BCUT2D eigenvalue weighted by molar-refractivity contribution is 7.89. The Morgan fingerprint density at radius 3 is 2.75 bits per heavy atom. The molecule has 1 N–H and O–H groups in total. The first kappa shape index (κ1) is 12.3. The molecule has 2 aliphatic heterocycles. The number of nitrogens with one attached hydrogen (secondary N) is 1. The molecule has 2 unspecified atom stereocenters. The van der Waals surface area contributed by atoms with Gasteiger partial charge in [0.05, 0.1) is 5.75 Å². The van der Waals surface area contributed by atoms with Gasteiger partial charge in [-0.2, -0.15) is 4.31 Å². The summed E-state index contributed by atoms with van der Waals surface area (Å²) >= 11 is 0. The maximum absolute atomic E-state index is 12.3. The molecule has 4 nitrogen and oxygen atoms in total. The van der Waals surface area contributed by atoms with E-state index in [1.165, 1.54) is 0 Å². The van der Waals surface area contributed by atoms with Crippen LogP contribution in [0.4, 0.5) is 0 Å². The molecule has 2 atom stereocenters. The second kappa shape index (κ2) is 5.02. The molecular weight excluding hydrogens is 224 g/mol. The normalized spacial score (nSPS) is 31.6. The smallest absolute Gasteiger partial charge is 0.214 e. The average Bonchev–Trinajstić information content (AvgIpc) is 2.50. The zero-order valence-corrected chi connectivity index (χ0v) is 10.8. The number of hydrogen-bond donors (Lipinski definition) is 1. The highest BCUT2D eigenvalue weighted by Gasteiger charge is 2.41. The van der Waals surface area contributed by atoms with Gasteiger partial charge in [0.15, 0.2) is 0 Å². The standard InChI is InChI=1S/C11H22N2O2S/c1-2-3-8-16(14,15)13-10-4-5-11(13)9-12-7-6-10/h10-12H,2-9H2,1H3. The van der Waals surface area contributed by atoms with Crippen LogP contribution in [0.3, 0.4) is 0 Å². The second-order valence-corrected chi connectivity index (χ2v) is 6.87. The van der Waals surface area contributed by atoms with Crippen LogP contribution in [0.1, 0.15) is 39.0 Å². The van der Waals surface area contributed by atoms with Gasteiger partial charge in [0.2, 0.25) is 10.0 Å². The van der Waals surface area contributed by atoms with Crippen LogP contribution in [0, 0.1) is 0 Å². The zero-order chi connectivity index (χ0) is 11.6. The molecule has 2 heterocycles. The monoisotopic (exact) mass is 246 g/mol. The first-order valence-corrected chi connectivity index (χ1v) is 7.98. The SMILES string of the molecule is CCCCS(=O)(=O)N1C2CCNCC1CC2. The Bertz CT molecular complexity index is 315. The second-order valence-electron chi connectivity index (χ2n) is 4.88. The van der Waals surface area contributed by atoms with Crippen molar-refractivity contribution in [2.75, 3.05) is 18.8 Å². The third-order valence-corrected chi connectivity index (χ3v) is 5.71. The van der Waals surface area contributed by atoms with Gasteiger partial charge in [0.25, 0.3) is 0 Å². The van der Waals surface area contributed by atoms with Gasteiger partial charge < -0.3 is 5.32 Å². The first-order valence-electron chi connectivity index (χ1n) is 6.37. The maximum Gasteiger partial charge on any atom is 0.214 e. The van der Waals surface area contributed by atoms with Crippen LogP contribution < -0.4 is 5.32 Å². The summed E-state index contributed by atoms with van der Waals surface area (Å²) in [5, 5.41) is 3.33. The van der Waals surface area contributed by atoms with Gasteiger partial charge in [-0.25, -0.2) is 8.42 Å². The van der Waals surface area contributed by atoms with E-state index < -0.39 is 10.0 Å². The fourth-order valence-corrected chi connectivity index (χ4v) is 4.99. The van der Waals surface area contributed by atoms with Crippen molar-refractivity contribution >= 4 is 10.0 Å². The highest BCUT2D eigenvalue weighted by atomic mass is 32.2. The molecular formula is C11H22N2O2S. The number of hydrogen-bond acceptors (Lipinski definition) is 3. The van der Waals surface area contributed by atoms with Crippen LogP contribution in [0.2, 0.25) is 0 Å². The van der Waals surface area contributed by atoms with Crippen LogP contribution in [0.15, 0.2) is 0 Å². The van der Waals surface area contributed by atoms with E-state index in [0.717, 1.165) is 45.2 Å². The molecule has 2 saturated heterocycles. The summed E-state index contributed by atoms with van der Waals surface area (Å²) in [6, 6.07) is 0.483. The molecule has 0 radical (unpaired) electrons. The van der Waals surface area contributed by atoms with Crippen molar-refractivity contribution in [3.05, 3.63) is 0 Å². The number of rotatable bonds is 4. The molecule has 94 valence electrons. The van der Waals surface area contributed by atoms with Crippen LogP contribution >= 0.6 is 0 Å². The van der Waals surface area contributed by atoms with Crippen molar-refractivity contribution in [3.63, 3.8) is 0 Å². The number of unbranched alkanes of at least 4 members (excludes halogenated alkanes) is 1. The predicted molar refractivity (Wildman–Crippen MR) is 64.8 cm³/mol. The van der Waals surface area contributed by atoms with E-state index >= 15 is 0 Å². The third-order valence-electron chi connectivity index (χ3n) is 3.66. The summed E-state index contributed by atoms with van der Waals surface area (Å²) in [7, 11) is -3.01. The molecule has 2 bridgehead atoms. The quantitative estimate of drug-likeness (QED) is 0.803. The average molecular weight is 246 g/mol. The molecule has 2 rings (SSSR count). The van der Waals surface area contributed by atoms with E-state index in [1.807, 2.05) is 11.2 Å². The highest BCUT2D eigenvalue weighted by Crippen LogP contribution is 2.31. The summed E-state index contributed by atoms with van der Waals surface area (Å²) < 4.78 is 26.3. The van der Waals surface area contributed by atoms with Crippen molar-refractivity contribution in [1.82, 2.24) is 9.62 Å². The van der Waals surface area contributed by atoms with Gasteiger partial charge >= 0.3 is 0 Å². The van der Waals surface area contributed by atoms with Crippen molar-refractivity contribution in [3.8, 4) is 0 Å². The molecule has 0 saturated carbocycles. The summed E-state index contributed by atoms with van der Waals surface area (Å²) in [4.78, 5) is 0. The summed E-state index contributed by atoms with van der Waals surface area (Å²) in [6.45, 7) is 3.83. The van der Waals surface area contributed by atoms with Crippen LogP contribution in [0.5, 0.6) is 0 Å². The van der Waals surface area contributed by atoms with Gasteiger partial charge in [0.1, 0.15) is 0 Å². The molecule has 0 aromatic rings. The lowest BCUT2D eigenvalue weighted by Gasteiger charge is -2.26. The van der Waals surface area contributed by atoms with Gasteiger partial charge in [-0.15, -0.1) is 0 Å². The van der Waals surface area contributed by atoms with E-state index in [1.54, 1.807) is 0 Å². The lowest BCUT2D eigenvalue weighted by atomic mass is 10.1. The Hall–Kier alpha value is -0.130. The molecule has 0 spiro atoms. The lowest BCUT2D eigenvalue weighted by Crippen LogP contribution is -2.43. The Morgan fingerprint density at radius 2 is 2.00 bits per heavy atom. The van der Waals surface area contributed by atoms with Crippen molar-refractivity contribution in [2.45, 2.75) is 51.1 Å². The van der Waals surface area contributed by atoms with E-state index in [2.05, 4.69) is 5.32 Å². The number of fused-ring (bicyclic) bond motifs is 2. The van der Waals surface area contributed by atoms with Crippen LogP contribution in [0.25, 0.3) is 0 Å². The molecule has 5 heteroatoms. The van der Waals surface area contributed by atoms with Gasteiger partial charge in [0, 0.05) is 18.6 Å². The third kappa shape index (κ3) is 2.41. The Labute approximate surface area is 98.4 Å².